The number of para-hydroxylation sites is 1. The highest BCUT2D eigenvalue weighted by Crippen LogP contribution is 2.29. The predicted molar refractivity (Wildman–Crippen MR) is 108 cm³/mol. The third-order valence-electron chi connectivity index (χ3n) is 5.87. The smallest absolute Gasteiger partial charge is 0.226 e. The first-order valence-corrected chi connectivity index (χ1v) is 10.4. The number of carbonyl (C=O) groups is 1. The number of ether oxygens (including phenoxy) is 1. The number of hydrogen-bond acceptors (Lipinski definition) is 5. The van der Waals surface area contributed by atoms with Crippen molar-refractivity contribution in [2.45, 2.75) is 45.1 Å². The largest absolute Gasteiger partial charge is 0.436 e. The second-order valence-electron chi connectivity index (χ2n) is 7.91. The number of hydrogen-bond donors (Lipinski definition) is 0. The second kappa shape index (κ2) is 8.76. The van der Waals surface area contributed by atoms with Crippen LogP contribution in [0.15, 0.2) is 36.7 Å². The second-order valence-corrected chi connectivity index (χ2v) is 7.91. The highest BCUT2D eigenvalue weighted by Gasteiger charge is 2.32. The first kappa shape index (κ1) is 19.6. The highest BCUT2D eigenvalue weighted by atomic mass is 19.1. The number of anilines is 1. The number of piperazine rings is 1. The Balaban J connectivity index is 1.41. The standard InChI is InChI=1S/C22H27FN4O2/c1-16-14-26(11-12-27(16)22(28)17-7-3-2-4-8-17)20-13-21(25-15-24-20)29-19-10-6-5-9-18(19)23/h5-6,9-10,13,15-17H,2-4,7-8,11-12,14H2,1H3. The van der Waals surface area contributed by atoms with E-state index < -0.39 is 5.82 Å². The lowest BCUT2D eigenvalue weighted by Gasteiger charge is -2.42. The zero-order chi connectivity index (χ0) is 20.2. The van der Waals surface area contributed by atoms with Gasteiger partial charge in [-0.3, -0.25) is 4.79 Å². The van der Waals surface area contributed by atoms with E-state index >= 15 is 0 Å². The molecule has 2 fully saturated rings. The van der Waals surface area contributed by atoms with Crippen LogP contribution in [0.4, 0.5) is 10.2 Å². The molecule has 1 unspecified atom stereocenters. The van der Waals surface area contributed by atoms with Crippen LogP contribution in [0, 0.1) is 11.7 Å². The fraction of sp³-hybridized carbons (Fsp3) is 0.500. The number of amides is 1. The van der Waals surface area contributed by atoms with Gasteiger partial charge in [0.1, 0.15) is 12.1 Å². The van der Waals surface area contributed by atoms with Crippen molar-refractivity contribution in [3.8, 4) is 11.6 Å². The van der Waals surface area contributed by atoms with Gasteiger partial charge in [0.2, 0.25) is 11.8 Å². The lowest BCUT2D eigenvalue weighted by Crippen LogP contribution is -2.55. The summed E-state index contributed by atoms with van der Waals surface area (Å²) < 4.78 is 19.4. The summed E-state index contributed by atoms with van der Waals surface area (Å²) in [6, 6.07) is 8.08. The SMILES string of the molecule is CC1CN(c2cc(Oc3ccccc3F)ncn2)CCN1C(=O)C1CCCCC1. The zero-order valence-corrected chi connectivity index (χ0v) is 16.8. The highest BCUT2D eigenvalue weighted by molar-refractivity contribution is 5.79. The maximum atomic E-state index is 13.8. The van der Waals surface area contributed by atoms with E-state index in [2.05, 4.69) is 21.8 Å². The number of carbonyl (C=O) groups excluding carboxylic acids is 1. The van der Waals surface area contributed by atoms with Crippen LogP contribution in [-0.2, 0) is 4.79 Å². The molecule has 2 aliphatic rings. The first-order chi connectivity index (χ1) is 14.1. The van der Waals surface area contributed by atoms with Gasteiger partial charge in [-0.1, -0.05) is 31.4 Å². The van der Waals surface area contributed by atoms with Crippen molar-refractivity contribution in [3.05, 3.63) is 42.5 Å². The third kappa shape index (κ3) is 4.49. The molecule has 4 rings (SSSR count). The Morgan fingerprint density at radius 1 is 1.14 bits per heavy atom. The first-order valence-electron chi connectivity index (χ1n) is 10.4. The van der Waals surface area contributed by atoms with Crippen LogP contribution in [0.5, 0.6) is 11.6 Å². The van der Waals surface area contributed by atoms with E-state index in [0.29, 0.717) is 31.4 Å². The van der Waals surface area contributed by atoms with Gasteiger partial charge in [-0.15, -0.1) is 0 Å². The number of nitrogens with zero attached hydrogens (tertiary/aromatic N) is 4. The lowest BCUT2D eigenvalue weighted by atomic mass is 9.88. The molecule has 1 amide bonds. The number of rotatable bonds is 4. The van der Waals surface area contributed by atoms with E-state index in [0.717, 1.165) is 31.5 Å². The van der Waals surface area contributed by atoms with Gasteiger partial charge in [-0.2, -0.15) is 0 Å². The van der Waals surface area contributed by atoms with Crippen molar-refractivity contribution in [1.29, 1.82) is 0 Å². The summed E-state index contributed by atoms with van der Waals surface area (Å²) in [5.41, 5.74) is 0. The quantitative estimate of drug-likeness (QED) is 0.778. The molecule has 1 saturated heterocycles. The van der Waals surface area contributed by atoms with Crippen molar-refractivity contribution >= 4 is 11.7 Å². The van der Waals surface area contributed by atoms with Crippen molar-refractivity contribution < 1.29 is 13.9 Å². The summed E-state index contributed by atoms with van der Waals surface area (Å²) in [5, 5.41) is 0. The Morgan fingerprint density at radius 3 is 2.69 bits per heavy atom. The molecular weight excluding hydrogens is 371 g/mol. The monoisotopic (exact) mass is 398 g/mol. The molecule has 0 spiro atoms. The van der Waals surface area contributed by atoms with Gasteiger partial charge >= 0.3 is 0 Å². The summed E-state index contributed by atoms with van der Waals surface area (Å²) in [4.78, 5) is 25.5. The van der Waals surface area contributed by atoms with Crippen LogP contribution in [0.3, 0.4) is 0 Å². The summed E-state index contributed by atoms with van der Waals surface area (Å²) in [6.45, 7) is 4.18. The molecule has 6 nitrogen and oxygen atoms in total. The Labute approximate surface area is 170 Å². The van der Waals surface area contributed by atoms with Gasteiger partial charge in [0, 0.05) is 37.7 Å². The minimum absolute atomic E-state index is 0.115. The summed E-state index contributed by atoms with van der Waals surface area (Å²) in [7, 11) is 0. The normalized spacial score (nSPS) is 20.6. The van der Waals surface area contributed by atoms with E-state index in [1.807, 2.05) is 4.90 Å². The molecular formula is C22H27FN4O2. The molecule has 1 atom stereocenters. The van der Waals surface area contributed by atoms with Gasteiger partial charge < -0.3 is 14.5 Å². The van der Waals surface area contributed by atoms with Gasteiger partial charge in [0.15, 0.2) is 11.6 Å². The average Bonchev–Trinajstić information content (AvgIpc) is 2.76. The average molecular weight is 398 g/mol. The number of benzene rings is 1. The topological polar surface area (TPSA) is 58.6 Å². The Morgan fingerprint density at radius 2 is 1.93 bits per heavy atom. The molecule has 0 bridgehead atoms. The molecule has 0 N–H and O–H groups in total. The minimum Gasteiger partial charge on any atom is -0.436 e. The van der Waals surface area contributed by atoms with E-state index in [1.165, 1.54) is 18.8 Å². The van der Waals surface area contributed by atoms with Crippen LogP contribution < -0.4 is 9.64 Å². The van der Waals surface area contributed by atoms with Crippen LogP contribution in [0.2, 0.25) is 0 Å². The lowest BCUT2D eigenvalue weighted by molar-refractivity contribution is -0.139. The van der Waals surface area contributed by atoms with Crippen LogP contribution in [0.25, 0.3) is 0 Å². The fourth-order valence-electron chi connectivity index (χ4n) is 4.28. The molecule has 1 aromatic carbocycles. The molecule has 1 saturated carbocycles. The van der Waals surface area contributed by atoms with E-state index in [9.17, 15) is 9.18 Å². The van der Waals surface area contributed by atoms with E-state index in [4.69, 9.17) is 4.74 Å². The van der Waals surface area contributed by atoms with E-state index in [1.54, 1.807) is 24.3 Å². The maximum absolute atomic E-state index is 13.8. The van der Waals surface area contributed by atoms with Gasteiger partial charge in [-0.25, -0.2) is 14.4 Å². The zero-order valence-electron chi connectivity index (χ0n) is 16.8. The van der Waals surface area contributed by atoms with Crippen LogP contribution >= 0.6 is 0 Å². The molecule has 1 aromatic heterocycles. The Hall–Kier alpha value is -2.70. The number of halogens is 1. The van der Waals surface area contributed by atoms with Crippen LogP contribution in [0.1, 0.15) is 39.0 Å². The molecule has 2 heterocycles. The van der Waals surface area contributed by atoms with Crippen molar-refractivity contribution in [3.63, 3.8) is 0 Å². The van der Waals surface area contributed by atoms with Gasteiger partial charge in [0.05, 0.1) is 0 Å². The Kier molecular flexibility index (Phi) is 5.92. The van der Waals surface area contributed by atoms with Crippen molar-refractivity contribution in [2.24, 2.45) is 5.92 Å². The van der Waals surface area contributed by atoms with Crippen LogP contribution in [-0.4, -0.2) is 46.5 Å². The van der Waals surface area contributed by atoms with Gasteiger partial charge in [-0.05, 0) is 31.9 Å². The third-order valence-corrected chi connectivity index (χ3v) is 5.87. The molecule has 7 heteroatoms. The van der Waals surface area contributed by atoms with Crippen molar-refractivity contribution in [2.75, 3.05) is 24.5 Å². The summed E-state index contributed by atoms with van der Waals surface area (Å²) in [6.07, 6.45) is 7.05. The number of aromatic nitrogens is 2. The molecule has 2 aromatic rings. The van der Waals surface area contributed by atoms with Gasteiger partial charge in [0.25, 0.3) is 0 Å². The molecule has 1 aliphatic carbocycles. The Bertz CT molecular complexity index is 856. The summed E-state index contributed by atoms with van der Waals surface area (Å²) >= 11 is 0. The maximum Gasteiger partial charge on any atom is 0.226 e. The molecule has 0 radical (unpaired) electrons. The molecule has 154 valence electrons. The predicted octanol–water partition coefficient (Wildman–Crippen LogP) is 4.03. The summed E-state index contributed by atoms with van der Waals surface area (Å²) in [5.74, 6) is 1.22. The van der Waals surface area contributed by atoms with Crippen molar-refractivity contribution in [1.82, 2.24) is 14.9 Å². The molecule has 29 heavy (non-hydrogen) atoms. The minimum atomic E-state index is -0.434. The molecule has 1 aliphatic heterocycles. The fourth-order valence-corrected chi connectivity index (χ4v) is 4.28. The van der Waals surface area contributed by atoms with E-state index in [-0.39, 0.29) is 17.7 Å².